The largest absolute Gasteiger partial charge is 0.495 e. The molecule has 0 N–H and O–H groups in total. The second-order valence-corrected chi connectivity index (χ2v) is 5.53. The summed E-state index contributed by atoms with van der Waals surface area (Å²) in [6, 6.07) is 8.32. The van der Waals surface area contributed by atoms with Gasteiger partial charge in [-0.05, 0) is 19.1 Å². The van der Waals surface area contributed by atoms with Gasteiger partial charge in [-0.1, -0.05) is 12.1 Å². The van der Waals surface area contributed by atoms with Crippen LogP contribution in [0.2, 0.25) is 0 Å². The van der Waals surface area contributed by atoms with E-state index < -0.39 is 0 Å². The molecule has 0 amide bonds. The van der Waals surface area contributed by atoms with Crippen LogP contribution in [0, 0.1) is 6.92 Å². The van der Waals surface area contributed by atoms with Gasteiger partial charge in [0.05, 0.1) is 18.8 Å². The molecule has 1 atom stereocenters. The molecule has 22 heavy (non-hydrogen) atoms. The lowest BCUT2D eigenvalue weighted by Crippen LogP contribution is -2.47. The van der Waals surface area contributed by atoms with Gasteiger partial charge in [0.25, 0.3) is 0 Å². The number of rotatable bonds is 4. The number of hydrogen-bond acceptors (Lipinski definition) is 6. The molecular formula is C16H22N4O2. The van der Waals surface area contributed by atoms with Gasteiger partial charge in [0.15, 0.2) is 0 Å². The second-order valence-electron chi connectivity index (χ2n) is 5.53. The Morgan fingerprint density at radius 1 is 1.14 bits per heavy atom. The van der Waals surface area contributed by atoms with E-state index in [0.717, 1.165) is 37.6 Å². The zero-order valence-electron chi connectivity index (χ0n) is 13.3. The van der Waals surface area contributed by atoms with Crippen LogP contribution in [0.3, 0.4) is 0 Å². The minimum absolute atomic E-state index is 0.154. The Morgan fingerprint density at radius 2 is 1.86 bits per heavy atom. The summed E-state index contributed by atoms with van der Waals surface area (Å²) in [4.78, 5) is 4.74. The van der Waals surface area contributed by atoms with Gasteiger partial charge >= 0.3 is 0 Å². The Balaban J connectivity index is 1.65. The van der Waals surface area contributed by atoms with Crippen LogP contribution in [0.25, 0.3) is 0 Å². The van der Waals surface area contributed by atoms with Gasteiger partial charge in [0.1, 0.15) is 5.75 Å². The van der Waals surface area contributed by atoms with Gasteiger partial charge in [0, 0.05) is 33.1 Å². The highest BCUT2D eigenvalue weighted by Gasteiger charge is 2.26. The maximum Gasteiger partial charge on any atom is 0.233 e. The fourth-order valence-corrected chi connectivity index (χ4v) is 2.88. The van der Waals surface area contributed by atoms with E-state index in [1.54, 1.807) is 7.11 Å². The van der Waals surface area contributed by atoms with Crippen molar-refractivity contribution in [2.24, 2.45) is 0 Å². The smallest absolute Gasteiger partial charge is 0.233 e. The second kappa shape index (κ2) is 6.36. The molecule has 0 unspecified atom stereocenters. The first-order valence-electron chi connectivity index (χ1n) is 7.61. The molecule has 1 aliphatic rings. The first-order chi connectivity index (χ1) is 10.7. The fourth-order valence-electron chi connectivity index (χ4n) is 2.88. The van der Waals surface area contributed by atoms with Gasteiger partial charge in [-0.15, -0.1) is 10.2 Å². The third-order valence-electron chi connectivity index (χ3n) is 4.19. The lowest BCUT2D eigenvalue weighted by atomic mass is 10.2. The normalized spacial score (nSPS) is 17.5. The fraction of sp³-hybridized carbons (Fsp3) is 0.500. The van der Waals surface area contributed by atoms with Crippen LogP contribution in [0.4, 0.5) is 5.69 Å². The number of aryl methyl sites for hydroxylation is 1. The summed E-state index contributed by atoms with van der Waals surface area (Å²) in [5.41, 5.74) is 1.16. The molecule has 0 radical (unpaired) electrons. The van der Waals surface area contributed by atoms with Crippen molar-refractivity contribution in [1.82, 2.24) is 15.1 Å². The van der Waals surface area contributed by atoms with Gasteiger partial charge in [-0.25, -0.2) is 0 Å². The summed E-state index contributed by atoms with van der Waals surface area (Å²) >= 11 is 0. The van der Waals surface area contributed by atoms with E-state index >= 15 is 0 Å². The molecule has 2 heterocycles. The third-order valence-corrected chi connectivity index (χ3v) is 4.19. The number of anilines is 1. The van der Waals surface area contributed by atoms with Crippen molar-refractivity contribution in [2.75, 3.05) is 38.2 Å². The maximum absolute atomic E-state index is 5.55. The molecule has 0 spiro atoms. The van der Waals surface area contributed by atoms with Crippen molar-refractivity contribution in [1.29, 1.82) is 0 Å². The first kappa shape index (κ1) is 14.8. The molecule has 6 heteroatoms. The SMILES string of the molecule is COc1ccccc1N1CCN([C@@H](C)c2nnc(C)o2)CC1. The molecule has 1 aromatic heterocycles. The van der Waals surface area contributed by atoms with Gasteiger partial charge in [-0.2, -0.15) is 0 Å². The number of nitrogens with zero attached hydrogens (tertiary/aromatic N) is 4. The Labute approximate surface area is 130 Å². The molecule has 1 saturated heterocycles. The molecular weight excluding hydrogens is 280 g/mol. The van der Waals surface area contributed by atoms with Crippen molar-refractivity contribution in [3.8, 4) is 5.75 Å². The molecule has 1 fully saturated rings. The maximum atomic E-state index is 5.55. The zero-order valence-corrected chi connectivity index (χ0v) is 13.3. The van der Waals surface area contributed by atoms with Crippen LogP contribution in [-0.2, 0) is 0 Å². The summed E-state index contributed by atoms with van der Waals surface area (Å²) in [7, 11) is 1.72. The van der Waals surface area contributed by atoms with E-state index in [0.29, 0.717) is 11.8 Å². The van der Waals surface area contributed by atoms with E-state index in [1.165, 1.54) is 0 Å². The van der Waals surface area contributed by atoms with Crippen molar-refractivity contribution in [3.63, 3.8) is 0 Å². The molecule has 0 saturated carbocycles. The minimum atomic E-state index is 0.154. The first-order valence-corrected chi connectivity index (χ1v) is 7.61. The molecule has 1 aliphatic heterocycles. The Kier molecular flexibility index (Phi) is 4.29. The Morgan fingerprint density at radius 3 is 2.50 bits per heavy atom. The van der Waals surface area contributed by atoms with E-state index in [2.05, 4.69) is 33.0 Å². The van der Waals surface area contributed by atoms with Crippen molar-refractivity contribution < 1.29 is 9.15 Å². The molecule has 0 bridgehead atoms. The summed E-state index contributed by atoms with van der Waals surface area (Å²) < 4.78 is 11.0. The monoisotopic (exact) mass is 302 g/mol. The average molecular weight is 302 g/mol. The van der Waals surface area contributed by atoms with Crippen molar-refractivity contribution in [2.45, 2.75) is 19.9 Å². The number of piperazine rings is 1. The number of methoxy groups -OCH3 is 1. The number of benzene rings is 1. The number of hydrogen-bond donors (Lipinski definition) is 0. The summed E-state index contributed by atoms with van der Waals surface area (Å²) in [5.74, 6) is 2.24. The molecule has 3 rings (SSSR count). The number of para-hydroxylation sites is 2. The van der Waals surface area contributed by atoms with Crippen LogP contribution in [0.5, 0.6) is 5.75 Å². The molecule has 6 nitrogen and oxygen atoms in total. The summed E-state index contributed by atoms with van der Waals surface area (Å²) in [6.45, 7) is 7.77. The molecule has 118 valence electrons. The highest BCUT2D eigenvalue weighted by molar-refractivity contribution is 5.58. The van der Waals surface area contributed by atoms with Crippen LogP contribution in [0.1, 0.15) is 24.7 Å². The zero-order chi connectivity index (χ0) is 15.5. The number of aromatic nitrogens is 2. The minimum Gasteiger partial charge on any atom is -0.495 e. The van der Waals surface area contributed by atoms with Crippen LogP contribution in [-0.4, -0.2) is 48.4 Å². The average Bonchev–Trinajstić information content (AvgIpc) is 3.01. The lowest BCUT2D eigenvalue weighted by molar-refractivity contribution is 0.171. The number of ether oxygens (including phenoxy) is 1. The quantitative estimate of drug-likeness (QED) is 0.863. The van der Waals surface area contributed by atoms with Gasteiger partial charge in [-0.3, -0.25) is 4.90 Å². The highest BCUT2D eigenvalue weighted by atomic mass is 16.5. The van der Waals surface area contributed by atoms with E-state index in [4.69, 9.17) is 9.15 Å². The van der Waals surface area contributed by atoms with Crippen molar-refractivity contribution in [3.05, 3.63) is 36.0 Å². The van der Waals surface area contributed by atoms with Crippen molar-refractivity contribution >= 4 is 5.69 Å². The van der Waals surface area contributed by atoms with Crippen LogP contribution in [0.15, 0.2) is 28.7 Å². The van der Waals surface area contributed by atoms with Gasteiger partial charge in [0.2, 0.25) is 11.8 Å². The third kappa shape index (κ3) is 2.92. The molecule has 1 aromatic carbocycles. The van der Waals surface area contributed by atoms with Gasteiger partial charge < -0.3 is 14.1 Å². The van der Waals surface area contributed by atoms with Crippen LogP contribution < -0.4 is 9.64 Å². The van der Waals surface area contributed by atoms with E-state index in [9.17, 15) is 0 Å². The Bertz CT molecular complexity index is 620. The highest BCUT2D eigenvalue weighted by Crippen LogP contribution is 2.29. The predicted octanol–water partition coefficient (Wildman–Crippen LogP) is 2.27. The topological polar surface area (TPSA) is 54.6 Å². The standard InChI is InChI=1S/C16H22N4O2/c1-12(16-18-17-13(2)22-16)19-8-10-20(11-9-19)14-6-4-5-7-15(14)21-3/h4-7,12H,8-11H2,1-3H3/t12-/m0/s1. The molecule has 2 aromatic rings. The Hall–Kier alpha value is -2.08. The van der Waals surface area contributed by atoms with E-state index in [-0.39, 0.29) is 6.04 Å². The summed E-state index contributed by atoms with van der Waals surface area (Å²) in [5, 5.41) is 8.05. The summed E-state index contributed by atoms with van der Waals surface area (Å²) in [6.07, 6.45) is 0. The van der Waals surface area contributed by atoms with Crippen LogP contribution >= 0.6 is 0 Å². The lowest BCUT2D eigenvalue weighted by Gasteiger charge is -2.38. The predicted molar refractivity (Wildman–Crippen MR) is 84.2 cm³/mol. The molecule has 0 aliphatic carbocycles. The van der Waals surface area contributed by atoms with E-state index in [1.807, 2.05) is 25.1 Å².